The van der Waals surface area contributed by atoms with Crippen LogP contribution in [0.1, 0.15) is 42.4 Å². The molecule has 27 heavy (non-hydrogen) atoms. The van der Waals surface area contributed by atoms with Gasteiger partial charge in [0.15, 0.2) is 0 Å². The van der Waals surface area contributed by atoms with Gasteiger partial charge >= 0.3 is 11.7 Å². The van der Waals surface area contributed by atoms with Crippen LogP contribution in [0.4, 0.5) is 5.82 Å². The van der Waals surface area contributed by atoms with Gasteiger partial charge in [-0.3, -0.25) is 14.3 Å². The Hall–Kier alpha value is -3.09. The van der Waals surface area contributed by atoms with E-state index >= 15 is 0 Å². The third kappa shape index (κ3) is 2.70. The molecule has 1 aromatic carbocycles. The predicted octanol–water partition coefficient (Wildman–Crippen LogP) is 2.01. The zero-order valence-electron chi connectivity index (χ0n) is 15.3. The molecule has 0 saturated heterocycles. The van der Waals surface area contributed by atoms with E-state index < -0.39 is 23.1 Å². The summed E-state index contributed by atoms with van der Waals surface area (Å²) in [7, 11) is 0. The Balaban J connectivity index is 2.02. The minimum Gasteiger partial charge on any atom is -0.456 e. The highest BCUT2D eigenvalue weighted by molar-refractivity contribution is 5.97. The number of aromatic amines is 1. The van der Waals surface area contributed by atoms with E-state index in [0.717, 1.165) is 24.0 Å². The Morgan fingerprint density at radius 3 is 2.74 bits per heavy atom. The average molecular weight is 367 g/mol. The van der Waals surface area contributed by atoms with Gasteiger partial charge in [0.1, 0.15) is 12.4 Å². The first-order valence-corrected chi connectivity index (χ1v) is 9.12. The van der Waals surface area contributed by atoms with Gasteiger partial charge in [0, 0.05) is 6.54 Å². The van der Waals surface area contributed by atoms with Crippen molar-refractivity contribution in [1.82, 2.24) is 9.55 Å². The van der Waals surface area contributed by atoms with Gasteiger partial charge < -0.3 is 10.1 Å². The second-order valence-electron chi connectivity index (χ2n) is 6.91. The fraction of sp³-hybridized carbons (Fsp3) is 0.350. The van der Waals surface area contributed by atoms with Gasteiger partial charge in [-0.05, 0) is 24.5 Å². The third-order valence-electron chi connectivity index (χ3n) is 5.21. The van der Waals surface area contributed by atoms with Gasteiger partial charge in [0.05, 0.1) is 22.8 Å². The first-order chi connectivity index (χ1) is 13.0. The van der Waals surface area contributed by atoms with Gasteiger partial charge in [0.25, 0.3) is 5.56 Å². The highest BCUT2D eigenvalue weighted by Crippen LogP contribution is 2.43. The molecule has 0 saturated carbocycles. The minimum absolute atomic E-state index is 0.116. The number of hydrogen-bond donors (Lipinski definition) is 2. The molecule has 1 unspecified atom stereocenters. The molecule has 0 amide bonds. The number of rotatable bonds is 4. The molecule has 4 rings (SSSR count). The molecule has 0 fully saturated rings. The molecule has 0 aliphatic carbocycles. The van der Waals surface area contributed by atoms with Crippen LogP contribution in [-0.4, -0.2) is 22.1 Å². The number of nitrogens with one attached hydrogen (secondary N) is 2. The molecule has 1 atom stereocenters. The lowest BCUT2D eigenvalue weighted by Crippen LogP contribution is -2.38. The van der Waals surface area contributed by atoms with Crippen molar-refractivity contribution >= 4 is 11.8 Å². The fourth-order valence-electron chi connectivity index (χ4n) is 3.84. The van der Waals surface area contributed by atoms with Crippen molar-refractivity contribution in [1.29, 1.82) is 0 Å². The van der Waals surface area contributed by atoms with E-state index in [0.29, 0.717) is 29.2 Å². The first-order valence-electron chi connectivity index (χ1n) is 9.12. The number of cyclic esters (lactones) is 1. The zero-order chi connectivity index (χ0) is 19.1. The van der Waals surface area contributed by atoms with Gasteiger partial charge in [-0.25, -0.2) is 9.59 Å². The summed E-state index contributed by atoms with van der Waals surface area (Å²) in [6.07, 6.45) is 1.72. The molecule has 0 radical (unpaired) electrons. The van der Waals surface area contributed by atoms with Crippen molar-refractivity contribution in [2.45, 2.75) is 39.2 Å². The second kappa shape index (κ2) is 6.57. The smallest absolute Gasteiger partial charge is 0.337 e. The molecule has 7 heteroatoms. The second-order valence-corrected chi connectivity index (χ2v) is 6.91. The predicted molar refractivity (Wildman–Crippen MR) is 101 cm³/mol. The molecule has 3 heterocycles. The van der Waals surface area contributed by atoms with E-state index in [1.807, 2.05) is 38.1 Å². The van der Waals surface area contributed by atoms with Crippen LogP contribution in [0.2, 0.25) is 0 Å². The molecule has 0 spiro atoms. The number of anilines is 1. The number of H-pyrrole nitrogens is 1. The molecule has 7 nitrogen and oxygen atoms in total. The maximum atomic E-state index is 12.8. The van der Waals surface area contributed by atoms with Crippen LogP contribution in [0.5, 0.6) is 0 Å². The fourth-order valence-corrected chi connectivity index (χ4v) is 3.84. The quantitative estimate of drug-likeness (QED) is 0.807. The summed E-state index contributed by atoms with van der Waals surface area (Å²) in [5.74, 6) is -0.533. The van der Waals surface area contributed by atoms with E-state index in [-0.39, 0.29) is 6.61 Å². The molecule has 2 N–H and O–H groups in total. The summed E-state index contributed by atoms with van der Waals surface area (Å²) < 4.78 is 6.79. The number of aryl methyl sites for hydroxylation is 1. The number of nitrogens with zero attached hydrogens (tertiary/aromatic N) is 1. The highest BCUT2D eigenvalue weighted by atomic mass is 16.5. The van der Waals surface area contributed by atoms with Crippen LogP contribution >= 0.6 is 0 Å². The van der Waals surface area contributed by atoms with Gasteiger partial charge in [0.2, 0.25) is 0 Å². The Bertz CT molecular complexity index is 1080. The van der Waals surface area contributed by atoms with Crippen LogP contribution in [0.25, 0.3) is 0 Å². The lowest BCUT2D eigenvalue weighted by molar-refractivity contribution is -0.136. The van der Waals surface area contributed by atoms with Crippen molar-refractivity contribution in [3.63, 3.8) is 0 Å². The molecule has 0 bridgehead atoms. The Kier molecular flexibility index (Phi) is 4.22. The van der Waals surface area contributed by atoms with Crippen molar-refractivity contribution in [2.24, 2.45) is 0 Å². The van der Waals surface area contributed by atoms with Crippen LogP contribution in [0, 0.1) is 6.92 Å². The number of hydrogen-bond acceptors (Lipinski definition) is 5. The summed E-state index contributed by atoms with van der Waals surface area (Å²) >= 11 is 0. The number of unbranched alkanes of at least 4 members (excludes halogenated alkanes) is 1. The molecule has 2 aliphatic rings. The van der Waals surface area contributed by atoms with Crippen molar-refractivity contribution < 1.29 is 9.53 Å². The number of benzene rings is 1. The monoisotopic (exact) mass is 367 g/mol. The maximum Gasteiger partial charge on any atom is 0.337 e. The van der Waals surface area contributed by atoms with Crippen LogP contribution in [0.15, 0.2) is 45.1 Å². The number of aromatic nitrogens is 2. The summed E-state index contributed by atoms with van der Waals surface area (Å²) in [6.45, 7) is 4.58. The molecular weight excluding hydrogens is 346 g/mol. The van der Waals surface area contributed by atoms with E-state index in [9.17, 15) is 14.4 Å². The van der Waals surface area contributed by atoms with E-state index in [1.54, 1.807) is 4.57 Å². The number of carbonyl (C=O) groups is 1. The van der Waals surface area contributed by atoms with Crippen molar-refractivity contribution in [2.75, 3.05) is 11.9 Å². The zero-order valence-corrected chi connectivity index (χ0v) is 15.3. The topological polar surface area (TPSA) is 93.2 Å². The molecular formula is C20H21N3O4. The van der Waals surface area contributed by atoms with E-state index in [4.69, 9.17) is 4.74 Å². The number of esters is 1. The van der Waals surface area contributed by atoms with E-state index in [2.05, 4.69) is 10.3 Å². The average Bonchev–Trinajstić information content (AvgIpc) is 3.01. The summed E-state index contributed by atoms with van der Waals surface area (Å²) in [6, 6.07) is 7.65. The van der Waals surface area contributed by atoms with E-state index in [1.165, 1.54) is 0 Å². The lowest BCUT2D eigenvalue weighted by atomic mass is 9.81. The first kappa shape index (κ1) is 17.3. The molecule has 1 aromatic heterocycles. The Labute approximate surface area is 155 Å². The largest absolute Gasteiger partial charge is 0.456 e. The van der Waals surface area contributed by atoms with Gasteiger partial charge in [-0.2, -0.15) is 0 Å². The minimum atomic E-state index is -0.565. The normalized spacial score (nSPS) is 18.0. The van der Waals surface area contributed by atoms with Crippen LogP contribution in [-0.2, 0) is 16.1 Å². The van der Waals surface area contributed by atoms with Gasteiger partial charge in [-0.1, -0.05) is 37.6 Å². The standard InChI is InChI=1S/C20H21N3O4/c1-3-4-9-23-17-16(18(24)22-20(23)26)14(12-8-6-5-7-11(12)2)15-13(21-17)10-27-19(15)25/h5-8,14,21H,3-4,9-10H2,1-2H3,(H,22,24,26). The summed E-state index contributed by atoms with van der Waals surface area (Å²) in [5.41, 5.74) is 2.36. The van der Waals surface area contributed by atoms with Crippen molar-refractivity contribution in [3.05, 3.63) is 73.1 Å². The lowest BCUT2D eigenvalue weighted by Gasteiger charge is -2.29. The van der Waals surface area contributed by atoms with Crippen LogP contribution < -0.4 is 16.6 Å². The number of ether oxygens (including phenoxy) is 1. The summed E-state index contributed by atoms with van der Waals surface area (Å²) in [4.78, 5) is 40.1. The Morgan fingerprint density at radius 2 is 2.00 bits per heavy atom. The summed E-state index contributed by atoms with van der Waals surface area (Å²) in [5, 5.41) is 3.14. The molecule has 2 aliphatic heterocycles. The van der Waals surface area contributed by atoms with Gasteiger partial charge in [-0.15, -0.1) is 0 Å². The molecule has 2 aromatic rings. The third-order valence-corrected chi connectivity index (χ3v) is 5.21. The van der Waals surface area contributed by atoms with Crippen LogP contribution in [0.3, 0.4) is 0 Å². The number of carbonyl (C=O) groups excluding carboxylic acids is 1. The molecule has 140 valence electrons. The SMILES string of the molecule is CCCCn1c2c(c(=O)[nH]c1=O)C(c1ccccc1C)C1=C(COC1=O)N2. The maximum absolute atomic E-state index is 12.8. The number of fused-ring (bicyclic) bond motifs is 1. The highest BCUT2D eigenvalue weighted by Gasteiger charge is 2.41. The van der Waals surface area contributed by atoms with Crippen molar-refractivity contribution in [3.8, 4) is 0 Å². The Morgan fingerprint density at radius 1 is 1.22 bits per heavy atom.